The maximum Gasteiger partial charge on any atom is 0.341 e. The van der Waals surface area contributed by atoms with Gasteiger partial charge in [0.05, 0.1) is 32.0 Å². The van der Waals surface area contributed by atoms with Crippen LogP contribution in [0.15, 0.2) is 18.3 Å². The molecule has 0 bridgehead atoms. The third-order valence-corrected chi connectivity index (χ3v) is 3.01. The van der Waals surface area contributed by atoms with Crippen molar-refractivity contribution >= 4 is 22.6 Å². The average Bonchev–Trinajstić information content (AvgIpc) is 2.52. The molecule has 0 saturated heterocycles. The van der Waals surface area contributed by atoms with Gasteiger partial charge in [0, 0.05) is 17.6 Å². The Morgan fingerprint density at radius 3 is 2.52 bits per heavy atom. The van der Waals surface area contributed by atoms with Gasteiger partial charge in [0.1, 0.15) is 5.56 Å². The molecule has 0 aliphatic carbocycles. The molecule has 1 aromatic carbocycles. The predicted octanol–water partition coefficient (Wildman–Crippen LogP) is 1.71. The Morgan fingerprint density at radius 1 is 1.29 bits per heavy atom. The number of carbonyl (C=O) groups is 1. The minimum absolute atomic E-state index is 0.263. The fourth-order valence-electron chi connectivity index (χ4n) is 2.04. The van der Waals surface area contributed by atoms with E-state index in [1.54, 1.807) is 26.2 Å². The van der Waals surface area contributed by atoms with E-state index in [1.165, 1.54) is 13.3 Å². The van der Waals surface area contributed by atoms with Gasteiger partial charge < -0.3 is 19.6 Å². The van der Waals surface area contributed by atoms with Crippen molar-refractivity contribution in [2.24, 2.45) is 5.84 Å². The van der Waals surface area contributed by atoms with Crippen LogP contribution < -0.4 is 20.7 Å². The lowest BCUT2D eigenvalue weighted by molar-refractivity contribution is 0.0527. The number of nitrogen functional groups attached to an aromatic ring is 1. The first-order valence-corrected chi connectivity index (χ1v) is 6.34. The summed E-state index contributed by atoms with van der Waals surface area (Å²) in [6.45, 7) is 2.00. The number of methoxy groups -OCH3 is 2. The third kappa shape index (κ3) is 2.68. The monoisotopic (exact) mass is 291 g/mol. The van der Waals surface area contributed by atoms with Crippen LogP contribution >= 0.6 is 0 Å². The largest absolute Gasteiger partial charge is 0.493 e. The summed E-state index contributed by atoms with van der Waals surface area (Å²) in [5.74, 6) is 6.13. The summed E-state index contributed by atoms with van der Waals surface area (Å²) in [4.78, 5) is 16.2. The highest BCUT2D eigenvalue weighted by Gasteiger charge is 2.18. The lowest BCUT2D eigenvalue weighted by Gasteiger charge is -2.13. The van der Waals surface area contributed by atoms with Gasteiger partial charge in [0.25, 0.3) is 0 Å². The summed E-state index contributed by atoms with van der Waals surface area (Å²) >= 11 is 0. The molecule has 0 fully saturated rings. The number of fused-ring (bicyclic) bond motifs is 1. The van der Waals surface area contributed by atoms with Crippen molar-refractivity contribution in [2.75, 3.05) is 26.3 Å². The molecule has 0 aliphatic rings. The average molecular weight is 291 g/mol. The van der Waals surface area contributed by atoms with Crippen LogP contribution in [0.25, 0.3) is 10.9 Å². The molecule has 21 heavy (non-hydrogen) atoms. The molecule has 0 amide bonds. The molecule has 112 valence electrons. The van der Waals surface area contributed by atoms with E-state index in [0.29, 0.717) is 28.1 Å². The van der Waals surface area contributed by atoms with Crippen LogP contribution in [0.4, 0.5) is 5.69 Å². The molecule has 0 spiro atoms. The molecule has 0 atom stereocenters. The minimum atomic E-state index is -0.491. The molecule has 3 N–H and O–H groups in total. The van der Waals surface area contributed by atoms with E-state index in [1.807, 2.05) is 0 Å². The van der Waals surface area contributed by atoms with E-state index in [9.17, 15) is 4.79 Å². The molecular formula is C14H17N3O4. The van der Waals surface area contributed by atoms with Crippen LogP contribution in [0.5, 0.6) is 11.5 Å². The smallest absolute Gasteiger partial charge is 0.341 e. The SMILES string of the molecule is CCOC(=O)c1cnc2cc(OC)c(OC)cc2c1NN. The van der Waals surface area contributed by atoms with Crippen molar-refractivity contribution in [2.45, 2.75) is 6.92 Å². The zero-order valence-corrected chi connectivity index (χ0v) is 12.1. The lowest BCUT2D eigenvalue weighted by Crippen LogP contribution is -2.15. The second kappa shape index (κ2) is 6.27. The first-order chi connectivity index (χ1) is 10.2. The van der Waals surface area contributed by atoms with E-state index in [0.717, 1.165) is 0 Å². The number of hydrogen-bond donors (Lipinski definition) is 2. The van der Waals surface area contributed by atoms with Gasteiger partial charge in [-0.15, -0.1) is 0 Å². The summed E-state index contributed by atoms with van der Waals surface area (Å²) in [5.41, 5.74) is 3.84. The highest BCUT2D eigenvalue weighted by molar-refractivity contribution is 6.05. The zero-order chi connectivity index (χ0) is 15.4. The molecule has 0 radical (unpaired) electrons. The number of benzene rings is 1. The van der Waals surface area contributed by atoms with Crippen LogP contribution in [-0.2, 0) is 4.74 Å². The summed E-state index contributed by atoms with van der Waals surface area (Å²) in [5, 5.41) is 0.640. The van der Waals surface area contributed by atoms with Crippen molar-refractivity contribution in [3.8, 4) is 11.5 Å². The Kier molecular flexibility index (Phi) is 4.44. The van der Waals surface area contributed by atoms with Gasteiger partial charge in [-0.1, -0.05) is 0 Å². The maximum atomic E-state index is 11.9. The highest BCUT2D eigenvalue weighted by atomic mass is 16.5. The Morgan fingerprint density at radius 2 is 1.95 bits per heavy atom. The molecule has 0 saturated carbocycles. The van der Waals surface area contributed by atoms with Crippen molar-refractivity contribution in [1.82, 2.24) is 4.98 Å². The number of aromatic nitrogens is 1. The minimum Gasteiger partial charge on any atom is -0.493 e. The van der Waals surface area contributed by atoms with Crippen LogP contribution in [0.1, 0.15) is 17.3 Å². The molecule has 7 heteroatoms. The van der Waals surface area contributed by atoms with Gasteiger partial charge in [-0.25, -0.2) is 4.79 Å². The Balaban J connectivity index is 2.68. The molecule has 2 rings (SSSR count). The number of hydrazine groups is 1. The Labute approximate surface area is 122 Å². The standard InChI is InChI=1S/C14H17N3O4/c1-4-21-14(18)9-7-16-10-6-12(20-3)11(19-2)5-8(10)13(9)17-15/h5-7H,4,15H2,1-3H3,(H,16,17). The van der Waals surface area contributed by atoms with E-state index in [4.69, 9.17) is 20.1 Å². The van der Waals surface area contributed by atoms with Crippen molar-refractivity contribution in [1.29, 1.82) is 0 Å². The number of carbonyl (C=O) groups excluding carboxylic acids is 1. The molecule has 0 aliphatic heterocycles. The van der Waals surface area contributed by atoms with E-state index in [-0.39, 0.29) is 12.2 Å². The number of rotatable bonds is 5. The highest BCUT2D eigenvalue weighted by Crippen LogP contribution is 2.35. The molecule has 1 heterocycles. The molecule has 2 aromatic rings. The normalized spacial score (nSPS) is 10.3. The summed E-state index contributed by atoms with van der Waals surface area (Å²) in [7, 11) is 3.07. The van der Waals surface area contributed by atoms with Crippen LogP contribution in [-0.4, -0.2) is 31.8 Å². The number of hydrogen-bond acceptors (Lipinski definition) is 7. The number of pyridine rings is 1. The van der Waals surface area contributed by atoms with Crippen LogP contribution in [0.2, 0.25) is 0 Å². The van der Waals surface area contributed by atoms with Crippen molar-refractivity contribution in [3.63, 3.8) is 0 Å². The summed E-state index contributed by atoms with van der Waals surface area (Å²) in [6, 6.07) is 3.42. The van der Waals surface area contributed by atoms with E-state index < -0.39 is 5.97 Å². The van der Waals surface area contributed by atoms with Gasteiger partial charge in [-0.05, 0) is 13.0 Å². The quantitative estimate of drug-likeness (QED) is 0.492. The number of nitrogens with zero attached hydrogens (tertiary/aromatic N) is 1. The van der Waals surface area contributed by atoms with Crippen molar-refractivity contribution in [3.05, 3.63) is 23.9 Å². The van der Waals surface area contributed by atoms with Gasteiger partial charge >= 0.3 is 5.97 Å². The number of nitrogens with one attached hydrogen (secondary N) is 1. The fraction of sp³-hybridized carbons (Fsp3) is 0.286. The fourth-order valence-corrected chi connectivity index (χ4v) is 2.04. The van der Waals surface area contributed by atoms with E-state index in [2.05, 4.69) is 10.4 Å². The van der Waals surface area contributed by atoms with Gasteiger partial charge in [-0.2, -0.15) is 0 Å². The second-order valence-corrected chi connectivity index (χ2v) is 4.14. The van der Waals surface area contributed by atoms with Crippen LogP contribution in [0.3, 0.4) is 0 Å². The topological polar surface area (TPSA) is 95.7 Å². The molecule has 0 unspecified atom stereocenters. The Hall–Kier alpha value is -2.54. The first-order valence-electron chi connectivity index (χ1n) is 6.34. The zero-order valence-electron chi connectivity index (χ0n) is 12.1. The number of ether oxygens (including phenoxy) is 3. The second-order valence-electron chi connectivity index (χ2n) is 4.14. The summed E-state index contributed by atoms with van der Waals surface area (Å²) in [6.07, 6.45) is 1.42. The van der Waals surface area contributed by atoms with Crippen LogP contribution in [0, 0.1) is 0 Å². The molecule has 7 nitrogen and oxygen atoms in total. The third-order valence-electron chi connectivity index (χ3n) is 3.01. The summed E-state index contributed by atoms with van der Waals surface area (Å²) < 4.78 is 15.5. The van der Waals surface area contributed by atoms with Gasteiger partial charge in [0.15, 0.2) is 11.5 Å². The van der Waals surface area contributed by atoms with Crippen molar-refractivity contribution < 1.29 is 19.0 Å². The number of nitrogens with two attached hydrogens (primary N) is 1. The lowest BCUT2D eigenvalue weighted by atomic mass is 10.1. The van der Waals surface area contributed by atoms with Gasteiger partial charge in [0.2, 0.25) is 0 Å². The number of anilines is 1. The first kappa shape index (κ1) is 14.9. The van der Waals surface area contributed by atoms with E-state index >= 15 is 0 Å². The molecular weight excluding hydrogens is 274 g/mol. The maximum absolute atomic E-state index is 11.9. The predicted molar refractivity (Wildman–Crippen MR) is 78.6 cm³/mol. The molecule has 1 aromatic heterocycles. The number of esters is 1. The Bertz CT molecular complexity index is 673. The van der Waals surface area contributed by atoms with Gasteiger partial charge in [-0.3, -0.25) is 10.8 Å².